The van der Waals surface area contributed by atoms with Crippen LogP contribution in [0, 0.1) is 0 Å². The van der Waals surface area contributed by atoms with Gasteiger partial charge in [-0.1, -0.05) is 11.8 Å². The smallest absolute Gasteiger partial charge is 0.230 e. The number of aromatic nitrogens is 4. The molecule has 2 unspecified atom stereocenters. The molecule has 2 fully saturated rings. The molecule has 2 saturated heterocycles. The van der Waals surface area contributed by atoms with Crippen molar-refractivity contribution in [3.05, 3.63) is 0 Å². The zero-order chi connectivity index (χ0) is 15.2. The van der Waals surface area contributed by atoms with Crippen molar-refractivity contribution in [1.82, 2.24) is 25.5 Å². The largest absolute Gasteiger partial charge is 0.376 e. The van der Waals surface area contributed by atoms with E-state index >= 15 is 0 Å². The van der Waals surface area contributed by atoms with Crippen LogP contribution in [-0.2, 0) is 20.8 Å². The highest BCUT2D eigenvalue weighted by Gasteiger charge is 2.20. The van der Waals surface area contributed by atoms with Gasteiger partial charge in [0.2, 0.25) is 11.1 Å². The third-order valence-electron chi connectivity index (χ3n) is 3.78. The number of amides is 1. The van der Waals surface area contributed by atoms with Gasteiger partial charge in [-0.25, -0.2) is 4.68 Å². The van der Waals surface area contributed by atoms with Crippen molar-refractivity contribution in [3.8, 4) is 0 Å². The molecule has 0 aromatic carbocycles. The fourth-order valence-corrected chi connectivity index (χ4v) is 3.33. The van der Waals surface area contributed by atoms with Gasteiger partial charge in [0, 0.05) is 19.8 Å². The number of hydrogen-bond donors (Lipinski definition) is 1. The Hall–Kier alpha value is -1.19. The zero-order valence-electron chi connectivity index (χ0n) is 12.4. The van der Waals surface area contributed by atoms with Crippen LogP contribution in [0.25, 0.3) is 0 Å². The van der Waals surface area contributed by atoms with Crippen LogP contribution < -0.4 is 5.32 Å². The molecule has 0 bridgehead atoms. The van der Waals surface area contributed by atoms with Crippen LogP contribution in [0.15, 0.2) is 5.16 Å². The Kier molecular flexibility index (Phi) is 5.63. The van der Waals surface area contributed by atoms with Crippen molar-refractivity contribution in [2.45, 2.75) is 49.6 Å². The molecule has 2 aliphatic rings. The minimum atomic E-state index is -0.0211. The highest BCUT2D eigenvalue weighted by molar-refractivity contribution is 7.99. The molecule has 9 heteroatoms. The first-order chi connectivity index (χ1) is 10.8. The summed E-state index contributed by atoms with van der Waals surface area (Å²) < 4.78 is 12.8. The van der Waals surface area contributed by atoms with E-state index in [1.807, 2.05) is 0 Å². The lowest BCUT2D eigenvalue weighted by atomic mass is 10.2. The van der Waals surface area contributed by atoms with Gasteiger partial charge >= 0.3 is 0 Å². The van der Waals surface area contributed by atoms with E-state index in [1.165, 1.54) is 11.8 Å². The van der Waals surface area contributed by atoms with Crippen LogP contribution >= 0.6 is 11.8 Å². The molecule has 0 aliphatic carbocycles. The molecule has 2 atom stereocenters. The topological polar surface area (TPSA) is 91.2 Å². The normalized spacial score (nSPS) is 24.7. The average Bonchev–Trinajstić information content (AvgIpc) is 3.26. The van der Waals surface area contributed by atoms with E-state index in [1.54, 1.807) is 4.68 Å². The Bertz CT molecular complexity index is 486. The van der Waals surface area contributed by atoms with E-state index < -0.39 is 0 Å². The number of hydrogen-bond acceptors (Lipinski definition) is 7. The van der Waals surface area contributed by atoms with E-state index in [9.17, 15) is 4.79 Å². The Morgan fingerprint density at radius 1 is 1.27 bits per heavy atom. The number of carbonyl (C=O) groups excluding carboxylic acids is 1. The minimum absolute atomic E-state index is 0.0211. The number of thioether (sulfide) groups is 1. The van der Waals surface area contributed by atoms with E-state index in [0.29, 0.717) is 24.0 Å². The third kappa shape index (κ3) is 4.40. The Balaban J connectivity index is 1.40. The second-order valence-electron chi connectivity index (χ2n) is 5.51. The summed E-state index contributed by atoms with van der Waals surface area (Å²) in [6, 6.07) is 0. The number of nitrogens with one attached hydrogen (secondary N) is 1. The molecule has 0 saturated carbocycles. The maximum absolute atomic E-state index is 11.9. The summed E-state index contributed by atoms with van der Waals surface area (Å²) >= 11 is 1.35. The van der Waals surface area contributed by atoms with Crippen molar-refractivity contribution in [3.63, 3.8) is 0 Å². The fourth-order valence-electron chi connectivity index (χ4n) is 2.61. The van der Waals surface area contributed by atoms with Crippen LogP contribution in [-0.4, -0.2) is 63.8 Å². The molecule has 122 valence electrons. The molecule has 3 rings (SSSR count). The lowest BCUT2D eigenvalue weighted by Gasteiger charge is -2.11. The zero-order valence-corrected chi connectivity index (χ0v) is 13.3. The molecule has 22 heavy (non-hydrogen) atoms. The monoisotopic (exact) mass is 327 g/mol. The van der Waals surface area contributed by atoms with E-state index in [-0.39, 0.29) is 18.1 Å². The van der Waals surface area contributed by atoms with E-state index in [4.69, 9.17) is 9.47 Å². The van der Waals surface area contributed by atoms with Crippen LogP contribution in [0.5, 0.6) is 0 Å². The van der Waals surface area contributed by atoms with E-state index in [2.05, 4.69) is 20.8 Å². The second-order valence-corrected chi connectivity index (χ2v) is 6.45. The molecular weight excluding hydrogens is 306 g/mol. The summed E-state index contributed by atoms with van der Waals surface area (Å²) in [6.07, 6.45) is 4.56. The summed E-state index contributed by atoms with van der Waals surface area (Å²) in [6.45, 7) is 2.83. The number of nitrogens with zero attached hydrogens (tertiary/aromatic N) is 4. The Morgan fingerprint density at radius 3 is 2.77 bits per heavy atom. The van der Waals surface area contributed by atoms with Crippen molar-refractivity contribution in [1.29, 1.82) is 0 Å². The quantitative estimate of drug-likeness (QED) is 0.717. The average molecular weight is 327 g/mol. The third-order valence-corrected chi connectivity index (χ3v) is 4.74. The first-order valence-electron chi connectivity index (χ1n) is 7.70. The van der Waals surface area contributed by atoms with Crippen LogP contribution in [0.2, 0.25) is 0 Å². The number of carbonyl (C=O) groups is 1. The van der Waals surface area contributed by atoms with Crippen molar-refractivity contribution in [2.75, 3.05) is 25.5 Å². The Labute approximate surface area is 133 Å². The highest BCUT2D eigenvalue weighted by Crippen LogP contribution is 2.18. The summed E-state index contributed by atoms with van der Waals surface area (Å²) in [7, 11) is 0. The first-order valence-corrected chi connectivity index (χ1v) is 8.68. The maximum Gasteiger partial charge on any atom is 0.230 e. The van der Waals surface area contributed by atoms with Crippen LogP contribution in [0.4, 0.5) is 0 Å². The predicted molar refractivity (Wildman–Crippen MR) is 79.5 cm³/mol. The van der Waals surface area contributed by atoms with Crippen molar-refractivity contribution < 1.29 is 14.3 Å². The van der Waals surface area contributed by atoms with E-state index in [0.717, 1.165) is 38.9 Å². The predicted octanol–water partition coefficient (Wildman–Crippen LogP) is 0.239. The van der Waals surface area contributed by atoms with Gasteiger partial charge in [-0.05, 0) is 36.1 Å². The molecule has 1 aromatic heterocycles. The summed E-state index contributed by atoms with van der Waals surface area (Å²) in [4.78, 5) is 11.9. The fraction of sp³-hybridized carbons (Fsp3) is 0.846. The molecule has 0 spiro atoms. The van der Waals surface area contributed by atoms with Gasteiger partial charge in [0.1, 0.15) is 0 Å². The summed E-state index contributed by atoms with van der Waals surface area (Å²) in [5.41, 5.74) is 0. The van der Waals surface area contributed by atoms with Gasteiger partial charge in [-0.15, -0.1) is 5.10 Å². The first kappa shape index (κ1) is 15.7. The Morgan fingerprint density at radius 2 is 2.05 bits per heavy atom. The molecule has 1 aromatic rings. The maximum atomic E-state index is 11.9. The molecule has 0 radical (unpaired) electrons. The molecule has 1 N–H and O–H groups in total. The van der Waals surface area contributed by atoms with Crippen molar-refractivity contribution >= 4 is 17.7 Å². The highest BCUT2D eigenvalue weighted by atomic mass is 32.2. The van der Waals surface area contributed by atoms with Gasteiger partial charge in [-0.3, -0.25) is 4.79 Å². The lowest BCUT2D eigenvalue weighted by molar-refractivity contribution is -0.119. The molecular formula is C13H21N5O3S. The number of tetrazole rings is 1. The lowest BCUT2D eigenvalue weighted by Crippen LogP contribution is -2.33. The van der Waals surface area contributed by atoms with Gasteiger partial charge in [0.05, 0.1) is 24.5 Å². The summed E-state index contributed by atoms with van der Waals surface area (Å²) in [5, 5.41) is 15.2. The molecule has 1 amide bonds. The molecule has 8 nitrogen and oxygen atoms in total. The van der Waals surface area contributed by atoms with Crippen LogP contribution in [0.3, 0.4) is 0 Å². The molecule has 3 heterocycles. The number of rotatable bonds is 7. The number of ether oxygens (including phenoxy) is 2. The van der Waals surface area contributed by atoms with Gasteiger partial charge in [0.25, 0.3) is 0 Å². The SMILES string of the molecule is O=C(CSc1nnnn1CC1CCCO1)NCC1CCCO1. The minimum Gasteiger partial charge on any atom is -0.376 e. The van der Waals surface area contributed by atoms with Crippen molar-refractivity contribution in [2.24, 2.45) is 0 Å². The standard InChI is InChI=1S/C13H21N5O3S/c19-12(14-7-10-3-1-5-20-10)9-22-13-15-16-17-18(13)8-11-4-2-6-21-11/h10-11H,1-9H2,(H,14,19). The second kappa shape index (κ2) is 7.89. The van der Waals surface area contributed by atoms with Crippen LogP contribution in [0.1, 0.15) is 25.7 Å². The summed E-state index contributed by atoms with van der Waals surface area (Å²) in [5.74, 6) is 0.283. The van der Waals surface area contributed by atoms with Gasteiger partial charge < -0.3 is 14.8 Å². The molecule has 2 aliphatic heterocycles. The van der Waals surface area contributed by atoms with Gasteiger partial charge in [0.15, 0.2) is 0 Å². The van der Waals surface area contributed by atoms with Gasteiger partial charge in [-0.2, -0.15) is 0 Å².